The van der Waals surface area contributed by atoms with Gasteiger partial charge in [-0.1, -0.05) is 36.8 Å². The number of hydrogen-bond acceptors (Lipinski definition) is 4. The van der Waals surface area contributed by atoms with E-state index in [0.29, 0.717) is 26.1 Å². The molecule has 28 heavy (non-hydrogen) atoms. The van der Waals surface area contributed by atoms with E-state index in [1.54, 1.807) is 4.90 Å². The van der Waals surface area contributed by atoms with E-state index in [0.717, 1.165) is 37.3 Å². The summed E-state index contributed by atoms with van der Waals surface area (Å²) >= 11 is 0. The van der Waals surface area contributed by atoms with Crippen LogP contribution in [0.5, 0.6) is 0 Å². The number of nitrogens with zero attached hydrogens (tertiary/aromatic N) is 5. The van der Waals surface area contributed by atoms with Crippen LogP contribution in [0.25, 0.3) is 0 Å². The molecule has 148 valence electrons. The molecule has 1 fully saturated rings. The lowest BCUT2D eigenvalue weighted by Gasteiger charge is -2.35. The van der Waals surface area contributed by atoms with Crippen LogP contribution in [0.15, 0.2) is 30.3 Å². The zero-order valence-corrected chi connectivity index (χ0v) is 16.4. The second kappa shape index (κ2) is 8.12. The molecule has 0 N–H and O–H groups in total. The second-order valence-corrected chi connectivity index (χ2v) is 7.78. The van der Waals surface area contributed by atoms with Gasteiger partial charge >= 0.3 is 0 Å². The molecule has 1 saturated heterocycles. The lowest BCUT2D eigenvalue weighted by Crippen LogP contribution is -2.47. The fraction of sp³-hybridized carbons (Fsp3) is 0.524. The van der Waals surface area contributed by atoms with Crippen molar-refractivity contribution in [3.63, 3.8) is 0 Å². The van der Waals surface area contributed by atoms with Crippen LogP contribution in [-0.4, -0.2) is 56.0 Å². The summed E-state index contributed by atoms with van der Waals surface area (Å²) in [6, 6.07) is 10.4. The largest absolute Gasteiger partial charge is 0.333 e. The number of amides is 2. The minimum absolute atomic E-state index is 0.000199. The lowest BCUT2D eigenvalue weighted by atomic mass is 10.0. The summed E-state index contributed by atoms with van der Waals surface area (Å²) in [6.45, 7) is 3.88. The van der Waals surface area contributed by atoms with E-state index in [2.05, 4.69) is 26.9 Å². The highest BCUT2D eigenvalue weighted by Crippen LogP contribution is 2.25. The average molecular weight is 381 g/mol. The summed E-state index contributed by atoms with van der Waals surface area (Å²) in [6.07, 6.45) is 4.33. The Kier molecular flexibility index (Phi) is 5.41. The van der Waals surface area contributed by atoms with Gasteiger partial charge in [0.1, 0.15) is 5.82 Å². The number of fused-ring (bicyclic) bond motifs is 1. The van der Waals surface area contributed by atoms with Gasteiger partial charge in [-0.25, -0.2) is 0 Å². The van der Waals surface area contributed by atoms with Crippen LogP contribution in [0.4, 0.5) is 0 Å². The smallest absolute Gasteiger partial charge is 0.242 e. The lowest BCUT2D eigenvalue weighted by molar-refractivity contribution is -0.141. The summed E-state index contributed by atoms with van der Waals surface area (Å²) in [5.41, 5.74) is 1.23. The van der Waals surface area contributed by atoms with Gasteiger partial charge in [-0.2, -0.15) is 0 Å². The van der Waals surface area contributed by atoms with Crippen molar-refractivity contribution in [1.82, 2.24) is 24.6 Å². The van der Waals surface area contributed by atoms with Crippen molar-refractivity contribution < 1.29 is 9.59 Å². The number of rotatable bonds is 4. The predicted octanol–water partition coefficient (Wildman–Crippen LogP) is 2.12. The summed E-state index contributed by atoms with van der Waals surface area (Å²) in [7, 11) is 0. The van der Waals surface area contributed by atoms with Crippen molar-refractivity contribution in [1.29, 1.82) is 0 Å². The molecule has 0 aliphatic carbocycles. The van der Waals surface area contributed by atoms with E-state index in [1.165, 1.54) is 5.56 Å². The van der Waals surface area contributed by atoms with E-state index in [-0.39, 0.29) is 24.4 Å². The van der Waals surface area contributed by atoms with Crippen molar-refractivity contribution in [3.8, 4) is 0 Å². The molecule has 3 heterocycles. The summed E-state index contributed by atoms with van der Waals surface area (Å²) in [5, 5.41) is 8.53. The fourth-order valence-electron chi connectivity index (χ4n) is 4.27. The first-order valence-corrected chi connectivity index (χ1v) is 10.1. The van der Waals surface area contributed by atoms with Crippen LogP contribution >= 0.6 is 0 Å². The van der Waals surface area contributed by atoms with Gasteiger partial charge in [-0.3, -0.25) is 9.59 Å². The highest BCUT2D eigenvalue weighted by Gasteiger charge is 2.32. The van der Waals surface area contributed by atoms with Crippen molar-refractivity contribution in [2.45, 2.75) is 51.6 Å². The van der Waals surface area contributed by atoms with E-state index in [1.807, 2.05) is 30.0 Å². The maximum absolute atomic E-state index is 13.0. The van der Waals surface area contributed by atoms with Gasteiger partial charge in [-0.15, -0.1) is 10.2 Å². The molecule has 4 rings (SSSR count). The zero-order valence-electron chi connectivity index (χ0n) is 16.4. The van der Waals surface area contributed by atoms with E-state index >= 15 is 0 Å². The number of likely N-dealkylation sites (tertiary alicyclic amines) is 1. The number of carbonyl (C=O) groups is 2. The maximum Gasteiger partial charge on any atom is 0.242 e. The molecular formula is C21H27N5O2. The van der Waals surface area contributed by atoms with Gasteiger partial charge in [0, 0.05) is 19.5 Å². The Bertz CT molecular complexity index is 848. The third-order valence-electron chi connectivity index (χ3n) is 5.73. The van der Waals surface area contributed by atoms with E-state index in [9.17, 15) is 9.59 Å². The van der Waals surface area contributed by atoms with Crippen LogP contribution in [0.3, 0.4) is 0 Å². The zero-order chi connectivity index (χ0) is 19.5. The third kappa shape index (κ3) is 3.93. The minimum atomic E-state index is 0.000199. The number of aryl methyl sites for hydroxylation is 1. The number of hydrogen-bond donors (Lipinski definition) is 0. The van der Waals surface area contributed by atoms with Gasteiger partial charge < -0.3 is 14.4 Å². The molecule has 0 radical (unpaired) electrons. The van der Waals surface area contributed by atoms with Gasteiger partial charge in [0.2, 0.25) is 11.8 Å². The first-order chi connectivity index (χ1) is 13.6. The summed E-state index contributed by atoms with van der Waals surface area (Å²) in [5.74, 6) is 1.80. The maximum atomic E-state index is 13.0. The molecule has 7 heteroatoms. The molecule has 0 spiro atoms. The highest BCUT2D eigenvalue weighted by molar-refractivity contribution is 5.85. The first-order valence-electron chi connectivity index (χ1n) is 10.1. The molecule has 0 unspecified atom stereocenters. The Hall–Kier alpha value is -2.70. The van der Waals surface area contributed by atoms with Crippen LogP contribution in [0.1, 0.15) is 48.9 Å². The van der Waals surface area contributed by atoms with Crippen LogP contribution < -0.4 is 0 Å². The van der Waals surface area contributed by atoms with Crippen molar-refractivity contribution in [2.75, 3.05) is 19.6 Å². The standard InChI is InChI=1S/C21H27N5O2/c1-16-22-23-19-14-25(21(28)15-24-11-7-3-6-10-20(24)27)13-18(26(16)19)12-17-8-4-2-5-9-17/h2,4-5,8-9,18H,3,6-7,10-15H2,1H3/t18-/m1/s1. The topological polar surface area (TPSA) is 71.3 Å². The Morgan fingerprint density at radius 2 is 1.96 bits per heavy atom. The SMILES string of the molecule is Cc1nnc2n1[C@H](Cc1ccccc1)CN(C(=O)CN1CCCCCC1=O)C2. The molecule has 0 bridgehead atoms. The molecule has 2 aromatic rings. The summed E-state index contributed by atoms with van der Waals surface area (Å²) < 4.78 is 2.16. The number of carbonyl (C=O) groups excluding carboxylic acids is 2. The normalized spacial score (nSPS) is 20.0. The molecule has 7 nitrogen and oxygen atoms in total. The number of aromatic nitrogens is 3. The van der Waals surface area contributed by atoms with E-state index < -0.39 is 0 Å². The Labute approximate surface area is 165 Å². The monoisotopic (exact) mass is 381 g/mol. The molecule has 2 aliphatic heterocycles. The van der Waals surface area contributed by atoms with Crippen molar-refractivity contribution in [3.05, 3.63) is 47.5 Å². The van der Waals surface area contributed by atoms with Crippen LogP contribution in [0.2, 0.25) is 0 Å². The Morgan fingerprint density at radius 1 is 1.14 bits per heavy atom. The molecular weight excluding hydrogens is 354 g/mol. The predicted molar refractivity (Wildman–Crippen MR) is 104 cm³/mol. The second-order valence-electron chi connectivity index (χ2n) is 7.78. The van der Waals surface area contributed by atoms with Crippen molar-refractivity contribution in [2.24, 2.45) is 0 Å². The summed E-state index contributed by atoms with van der Waals surface area (Å²) in [4.78, 5) is 28.9. The van der Waals surface area contributed by atoms with E-state index in [4.69, 9.17) is 0 Å². The van der Waals surface area contributed by atoms with Crippen molar-refractivity contribution >= 4 is 11.8 Å². The molecule has 1 atom stereocenters. The van der Waals surface area contributed by atoms with Gasteiger partial charge in [0.05, 0.1) is 19.1 Å². The Balaban J connectivity index is 1.51. The molecule has 2 amide bonds. The fourth-order valence-corrected chi connectivity index (χ4v) is 4.27. The minimum Gasteiger partial charge on any atom is -0.333 e. The van der Waals surface area contributed by atoms with Gasteiger partial charge in [0.25, 0.3) is 0 Å². The highest BCUT2D eigenvalue weighted by atomic mass is 16.2. The van der Waals surface area contributed by atoms with Gasteiger partial charge in [0.15, 0.2) is 5.82 Å². The quantitative estimate of drug-likeness (QED) is 0.813. The van der Waals surface area contributed by atoms with Crippen LogP contribution in [-0.2, 0) is 22.6 Å². The molecule has 2 aliphatic rings. The first kappa shape index (κ1) is 18.7. The third-order valence-corrected chi connectivity index (χ3v) is 5.73. The number of benzene rings is 1. The molecule has 0 saturated carbocycles. The molecule has 1 aromatic carbocycles. The molecule has 1 aromatic heterocycles. The Morgan fingerprint density at radius 3 is 2.79 bits per heavy atom. The van der Waals surface area contributed by atoms with Gasteiger partial charge in [-0.05, 0) is 31.7 Å². The van der Waals surface area contributed by atoms with Crippen LogP contribution in [0, 0.1) is 6.92 Å². The average Bonchev–Trinajstić information content (AvgIpc) is 2.96.